The molecule has 1 aliphatic heterocycles. The predicted octanol–water partition coefficient (Wildman–Crippen LogP) is 1.28. The van der Waals surface area contributed by atoms with Crippen molar-refractivity contribution >= 4 is 17.5 Å². The van der Waals surface area contributed by atoms with Gasteiger partial charge in [0.05, 0.1) is 6.42 Å². The first-order chi connectivity index (χ1) is 8.29. The Balaban J connectivity index is 2.43. The third-order valence-electron chi connectivity index (χ3n) is 2.64. The van der Waals surface area contributed by atoms with Gasteiger partial charge in [0.25, 0.3) is 0 Å². The Morgan fingerprint density at radius 1 is 1.17 bits per heavy atom. The maximum atomic E-state index is 11.8. The van der Waals surface area contributed by atoms with Crippen LogP contribution in [0.15, 0.2) is 0 Å². The fourth-order valence-corrected chi connectivity index (χ4v) is 1.73. The van der Waals surface area contributed by atoms with Crippen LogP contribution < -0.4 is 0 Å². The molecule has 0 aromatic heterocycles. The van der Waals surface area contributed by atoms with E-state index in [1.165, 1.54) is 0 Å². The van der Waals surface area contributed by atoms with Crippen LogP contribution in [0.2, 0.25) is 0 Å². The van der Waals surface area contributed by atoms with E-state index in [1.807, 2.05) is 0 Å². The van der Waals surface area contributed by atoms with Crippen molar-refractivity contribution in [2.75, 3.05) is 13.2 Å². The molecule has 0 spiro atoms. The molecule has 1 saturated heterocycles. The Kier molecular flexibility index (Phi) is 5.02. The Morgan fingerprint density at radius 2 is 1.72 bits per heavy atom. The Hall–Kier alpha value is -1.23. The highest BCUT2D eigenvalue weighted by Crippen LogP contribution is 2.17. The van der Waals surface area contributed by atoms with Crippen molar-refractivity contribution in [3.8, 4) is 0 Å². The first-order valence-electron chi connectivity index (χ1n) is 6.16. The van der Waals surface area contributed by atoms with E-state index in [4.69, 9.17) is 9.47 Å². The average molecular weight is 256 g/mol. The summed E-state index contributed by atoms with van der Waals surface area (Å²) in [5, 5.41) is 0. The molecule has 0 radical (unpaired) electrons. The van der Waals surface area contributed by atoms with Gasteiger partial charge < -0.3 is 9.47 Å². The average Bonchev–Trinajstić information content (AvgIpc) is 2.27. The molecule has 5 nitrogen and oxygen atoms in total. The summed E-state index contributed by atoms with van der Waals surface area (Å²) in [7, 11) is 0. The van der Waals surface area contributed by atoms with E-state index in [0.717, 1.165) is 0 Å². The number of ketones is 2. The number of hydrogen-bond donors (Lipinski definition) is 0. The standard InChI is InChI=1S/C13H20O5/c1-13(2,3)18-12(16)11(15)8-10(14)9-4-6-17-7-5-9/h9H,4-8H2,1-3H3. The quantitative estimate of drug-likeness (QED) is 0.430. The van der Waals surface area contributed by atoms with E-state index in [1.54, 1.807) is 20.8 Å². The van der Waals surface area contributed by atoms with Crippen LogP contribution in [0.1, 0.15) is 40.0 Å². The van der Waals surface area contributed by atoms with Gasteiger partial charge in [-0.3, -0.25) is 9.59 Å². The fourth-order valence-electron chi connectivity index (χ4n) is 1.73. The molecule has 18 heavy (non-hydrogen) atoms. The molecule has 0 unspecified atom stereocenters. The van der Waals surface area contributed by atoms with Crippen molar-refractivity contribution in [2.24, 2.45) is 5.92 Å². The lowest BCUT2D eigenvalue weighted by atomic mass is 9.92. The van der Waals surface area contributed by atoms with Crippen LogP contribution in [0, 0.1) is 5.92 Å². The predicted molar refractivity (Wildman–Crippen MR) is 64.0 cm³/mol. The molecule has 0 aromatic rings. The molecule has 1 aliphatic rings. The van der Waals surface area contributed by atoms with Crippen molar-refractivity contribution < 1.29 is 23.9 Å². The van der Waals surface area contributed by atoms with Gasteiger partial charge in [-0.2, -0.15) is 0 Å². The highest BCUT2D eigenvalue weighted by molar-refractivity contribution is 6.37. The lowest BCUT2D eigenvalue weighted by Gasteiger charge is -2.21. The van der Waals surface area contributed by atoms with E-state index >= 15 is 0 Å². The van der Waals surface area contributed by atoms with Crippen LogP contribution in [0.25, 0.3) is 0 Å². The van der Waals surface area contributed by atoms with Gasteiger partial charge in [0.15, 0.2) is 0 Å². The van der Waals surface area contributed by atoms with E-state index in [2.05, 4.69) is 0 Å². The third-order valence-corrected chi connectivity index (χ3v) is 2.64. The van der Waals surface area contributed by atoms with Gasteiger partial charge in [0.1, 0.15) is 11.4 Å². The zero-order valence-electron chi connectivity index (χ0n) is 11.2. The highest BCUT2D eigenvalue weighted by atomic mass is 16.6. The zero-order chi connectivity index (χ0) is 13.8. The summed E-state index contributed by atoms with van der Waals surface area (Å²) in [5.41, 5.74) is -0.714. The molecule has 0 amide bonds. The van der Waals surface area contributed by atoms with Gasteiger partial charge in [-0.1, -0.05) is 0 Å². The van der Waals surface area contributed by atoms with Crippen molar-refractivity contribution in [1.29, 1.82) is 0 Å². The van der Waals surface area contributed by atoms with Crippen molar-refractivity contribution in [1.82, 2.24) is 0 Å². The van der Waals surface area contributed by atoms with Gasteiger partial charge >= 0.3 is 5.97 Å². The second-order valence-corrected chi connectivity index (χ2v) is 5.45. The molecule has 0 bridgehead atoms. The second-order valence-electron chi connectivity index (χ2n) is 5.45. The summed E-state index contributed by atoms with van der Waals surface area (Å²) in [4.78, 5) is 34.8. The van der Waals surface area contributed by atoms with Gasteiger partial charge in [0.2, 0.25) is 5.78 Å². The van der Waals surface area contributed by atoms with Crippen molar-refractivity contribution in [3.63, 3.8) is 0 Å². The van der Waals surface area contributed by atoms with Gasteiger partial charge in [-0.15, -0.1) is 0 Å². The van der Waals surface area contributed by atoms with Crippen LogP contribution >= 0.6 is 0 Å². The first-order valence-corrected chi connectivity index (χ1v) is 6.16. The molecule has 5 heteroatoms. The Morgan fingerprint density at radius 3 is 2.22 bits per heavy atom. The molecule has 0 aromatic carbocycles. The molecule has 102 valence electrons. The number of ether oxygens (including phenoxy) is 2. The van der Waals surface area contributed by atoms with E-state index in [9.17, 15) is 14.4 Å². The molecule has 1 heterocycles. The normalized spacial score (nSPS) is 17.3. The molecular weight excluding hydrogens is 236 g/mol. The maximum absolute atomic E-state index is 11.8. The number of esters is 1. The molecular formula is C13H20O5. The summed E-state index contributed by atoms with van der Waals surface area (Å²) < 4.78 is 10.1. The van der Waals surface area contributed by atoms with Crippen LogP contribution in [-0.4, -0.2) is 36.4 Å². The molecule has 0 aliphatic carbocycles. The first kappa shape index (κ1) is 14.8. The molecule has 0 atom stereocenters. The van der Waals surface area contributed by atoms with Crippen LogP contribution in [0.4, 0.5) is 0 Å². The second kappa shape index (κ2) is 6.09. The largest absolute Gasteiger partial charge is 0.454 e. The number of Topliss-reactive ketones (excluding diaryl/α,β-unsaturated/α-hetero) is 2. The summed E-state index contributed by atoms with van der Waals surface area (Å²) in [6.07, 6.45) is 0.889. The van der Waals surface area contributed by atoms with E-state index in [-0.39, 0.29) is 18.1 Å². The number of carbonyl (C=O) groups excluding carboxylic acids is 3. The lowest BCUT2D eigenvalue weighted by molar-refractivity contribution is -0.163. The lowest BCUT2D eigenvalue weighted by Crippen LogP contribution is -2.32. The SMILES string of the molecule is CC(C)(C)OC(=O)C(=O)CC(=O)C1CCOCC1. The van der Waals surface area contributed by atoms with Gasteiger partial charge in [-0.25, -0.2) is 4.79 Å². The fraction of sp³-hybridized carbons (Fsp3) is 0.769. The van der Waals surface area contributed by atoms with Gasteiger partial charge in [-0.05, 0) is 33.6 Å². The topological polar surface area (TPSA) is 69.7 Å². The van der Waals surface area contributed by atoms with E-state index in [0.29, 0.717) is 26.1 Å². The number of carbonyl (C=O) groups is 3. The number of hydrogen-bond acceptors (Lipinski definition) is 5. The molecule has 0 N–H and O–H groups in total. The van der Waals surface area contributed by atoms with Crippen LogP contribution in [0.5, 0.6) is 0 Å². The van der Waals surface area contributed by atoms with Crippen molar-refractivity contribution in [2.45, 2.75) is 45.6 Å². The molecule has 0 saturated carbocycles. The zero-order valence-corrected chi connectivity index (χ0v) is 11.2. The maximum Gasteiger partial charge on any atom is 0.375 e. The van der Waals surface area contributed by atoms with Crippen LogP contribution in [0.3, 0.4) is 0 Å². The minimum absolute atomic E-state index is 0.162. The Bertz CT molecular complexity index is 334. The minimum atomic E-state index is -0.928. The molecule has 1 rings (SSSR count). The van der Waals surface area contributed by atoms with Crippen LogP contribution in [-0.2, 0) is 23.9 Å². The summed E-state index contributed by atoms with van der Waals surface area (Å²) in [5.74, 6) is -2.04. The Labute approximate surface area is 107 Å². The number of rotatable bonds is 4. The monoisotopic (exact) mass is 256 g/mol. The van der Waals surface area contributed by atoms with Crippen molar-refractivity contribution in [3.05, 3.63) is 0 Å². The highest BCUT2D eigenvalue weighted by Gasteiger charge is 2.28. The summed E-state index contributed by atoms with van der Waals surface area (Å²) >= 11 is 0. The minimum Gasteiger partial charge on any atom is -0.454 e. The smallest absolute Gasteiger partial charge is 0.375 e. The summed E-state index contributed by atoms with van der Waals surface area (Å²) in [6.45, 7) is 6.11. The van der Waals surface area contributed by atoms with E-state index < -0.39 is 17.4 Å². The molecule has 1 fully saturated rings. The van der Waals surface area contributed by atoms with Gasteiger partial charge in [0, 0.05) is 19.1 Å². The summed E-state index contributed by atoms with van der Waals surface area (Å²) in [6, 6.07) is 0. The third kappa shape index (κ3) is 4.96.